The van der Waals surface area contributed by atoms with Crippen molar-refractivity contribution in [2.75, 3.05) is 23.9 Å². The number of ether oxygens (including phenoxy) is 1. The molecule has 7 nitrogen and oxygen atoms in total. The SMILES string of the molecule is COc1ccc(N2CC(C(=O)Nc3cscc3C(N)=O)CC2=O)cc1. The van der Waals surface area contributed by atoms with Gasteiger partial charge in [-0.1, -0.05) is 0 Å². The monoisotopic (exact) mass is 359 g/mol. The van der Waals surface area contributed by atoms with E-state index in [1.54, 1.807) is 47.0 Å². The van der Waals surface area contributed by atoms with Crippen molar-refractivity contribution in [3.63, 3.8) is 0 Å². The number of thiophene rings is 1. The molecule has 2 aromatic rings. The minimum atomic E-state index is -0.598. The minimum absolute atomic E-state index is 0.119. The third-order valence-corrected chi connectivity index (χ3v) is 4.81. The molecule has 1 aromatic carbocycles. The molecule has 130 valence electrons. The van der Waals surface area contributed by atoms with Crippen LogP contribution in [0.5, 0.6) is 5.75 Å². The fraction of sp³-hybridized carbons (Fsp3) is 0.235. The maximum atomic E-state index is 12.5. The average molecular weight is 359 g/mol. The Balaban J connectivity index is 1.70. The molecular formula is C17H17N3O4S. The molecule has 1 aliphatic rings. The van der Waals surface area contributed by atoms with Gasteiger partial charge in [-0.05, 0) is 24.3 Å². The number of hydrogen-bond acceptors (Lipinski definition) is 5. The van der Waals surface area contributed by atoms with Crippen LogP contribution in [0.1, 0.15) is 16.8 Å². The van der Waals surface area contributed by atoms with E-state index in [9.17, 15) is 14.4 Å². The van der Waals surface area contributed by atoms with E-state index in [1.807, 2.05) is 0 Å². The Morgan fingerprint density at radius 2 is 2.00 bits per heavy atom. The normalized spacial score (nSPS) is 16.8. The Hall–Kier alpha value is -2.87. The molecule has 25 heavy (non-hydrogen) atoms. The van der Waals surface area contributed by atoms with Crippen molar-refractivity contribution in [3.05, 3.63) is 40.6 Å². The van der Waals surface area contributed by atoms with Crippen LogP contribution in [-0.2, 0) is 9.59 Å². The zero-order chi connectivity index (χ0) is 18.0. The number of anilines is 2. The van der Waals surface area contributed by atoms with Gasteiger partial charge < -0.3 is 20.7 Å². The number of nitrogens with zero attached hydrogens (tertiary/aromatic N) is 1. The molecule has 8 heteroatoms. The van der Waals surface area contributed by atoms with Gasteiger partial charge in [-0.25, -0.2) is 0 Å². The van der Waals surface area contributed by atoms with Crippen LogP contribution in [0.25, 0.3) is 0 Å². The maximum Gasteiger partial charge on any atom is 0.251 e. The van der Waals surface area contributed by atoms with E-state index < -0.39 is 11.8 Å². The molecule has 1 saturated heterocycles. The van der Waals surface area contributed by atoms with Gasteiger partial charge in [0, 0.05) is 29.4 Å². The molecule has 2 heterocycles. The van der Waals surface area contributed by atoms with Crippen molar-refractivity contribution in [1.82, 2.24) is 0 Å². The number of nitrogens with two attached hydrogens (primary N) is 1. The second-order valence-electron chi connectivity index (χ2n) is 5.66. The molecule has 0 saturated carbocycles. The molecule has 3 rings (SSSR count). The summed E-state index contributed by atoms with van der Waals surface area (Å²) in [5.74, 6) is -0.814. The predicted octanol–water partition coefficient (Wildman–Crippen LogP) is 1.85. The quantitative estimate of drug-likeness (QED) is 0.850. The van der Waals surface area contributed by atoms with Gasteiger partial charge in [-0.3, -0.25) is 14.4 Å². The predicted molar refractivity (Wildman–Crippen MR) is 94.9 cm³/mol. The lowest BCUT2D eigenvalue weighted by Crippen LogP contribution is -2.28. The number of carbonyl (C=O) groups is 3. The summed E-state index contributed by atoms with van der Waals surface area (Å²) in [5, 5.41) is 5.93. The molecule has 3 N–H and O–H groups in total. The van der Waals surface area contributed by atoms with Crippen LogP contribution < -0.4 is 20.7 Å². The molecule has 0 aliphatic carbocycles. The Morgan fingerprint density at radius 3 is 2.64 bits per heavy atom. The number of benzene rings is 1. The van der Waals surface area contributed by atoms with Gasteiger partial charge in [-0.2, -0.15) is 0 Å². The van der Waals surface area contributed by atoms with Crippen molar-refractivity contribution < 1.29 is 19.1 Å². The zero-order valence-corrected chi connectivity index (χ0v) is 14.3. The Labute approximate surface area is 148 Å². The van der Waals surface area contributed by atoms with E-state index in [0.717, 1.165) is 5.69 Å². The third kappa shape index (κ3) is 3.48. The van der Waals surface area contributed by atoms with E-state index in [2.05, 4.69) is 5.32 Å². The summed E-state index contributed by atoms with van der Waals surface area (Å²) in [6.07, 6.45) is 0.119. The third-order valence-electron chi connectivity index (χ3n) is 4.07. The Kier molecular flexibility index (Phi) is 4.71. The summed E-state index contributed by atoms with van der Waals surface area (Å²) in [4.78, 5) is 37.6. The standard InChI is InChI=1S/C17H17N3O4S/c1-24-12-4-2-11(3-5-12)20-7-10(6-15(20)21)17(23)19-14-9-25-8-13(14)16(18)22/h2-5,8-10H,6-7H2,1H3,(H2,18,22)(H,19,23). The number of nitrogens with one attached hydrogen (secondary N) is 1. The number of carbonyl (C=O) groups excluding carboxylic acids is 3. The first-order valence-corrected chi connectivity index (χ1v) is 8.55. The van der Waals surface area contributed by atoms with Crippen LogP contribution in [0, 0.1) is 5.92 Å². The van der Waals surface area contributed by atoms with Gasteiger partial charge in [0.1, 0.15) is 5.75 Å². The van der Waals surface area contributed by atoms with Gasteiger partial charge in [0.2, 0.25) is 11.8 Å². The number of methoxy groups -OCH3 is 1. The van der Waals surface area contributed by atoms with Gasteiger partial charge in [-0.15, -0.1) is 11.3 Å². The summed E-state index contributed by atoms with van der Waals surface area (Å²) in [7, 11) is 1.57. The fourth-order valence-corrected chi connectivity index (χ4v) is 3.48. The van der Waals surface area contributed by atoms with Gasteiger partial charge >= 0.3 is 0 Å². The van der Waals surface area contributed by atoms with Crippen LogP contribution in [0.4, 0.5) is 11.4 Å². The topological polar surface area (TPSA) is 102 Å². The summed E-state index contributed by atoms with van der Waals surface area (Å²) in [6, 6.07) is 7.09. The molecule has 1 atom stereocenters. The number of rotatable bonds is 5. The lowest BCUT2D eigenvalue weighted by Gasteiger charge is -2.17. The number of amides is 3. The molecule has 1 aliphatic heterocycles. The van der Waals surface area contributed by atoms with Crippen LogP contribution in [0.3, 0.4) is 0 Å². The Bertz CT molecular complexity index is 816. The van der Waals surface area contributed by atoms with Crippen LogP contribution in [0.15, 0.2) is 35.0 Å². The van der Waals surface area contributed by atoms with Crippen molar-refractivity contribution in [3.8, 4) is 5.75 Å². The number of hydrogen-bond donors (Lipinski definition) is 2. The molecule has 3 amide bonds. The Morgan fingerprint density at radius 1 is 1.28 bits per heavy atom. The van der Waals surface area contributed by atoms with E-state index in [0.29, 0.717) is 11.4 Å². The summed E-state index contributed by atoms with van der Waals surface area (Å²) in [6.45, 7) is 0.285. The van der Waals surface area contributed by atoms with Crippen LogP contribution in [0.2, 0.25) is 0 Å². The zero-order valence-electron chi connectivity index (χ0n) is 13.5. The first kappa shape index (κ1) is 17.0. The highest BCUT2D eigenvalue weighted by Crippen LogP contribution is 2.28. The van der Waals surface area contributed by atoms with Crippen LogP contribution >= 0.6 is 11.3 Å². The average Bonchev–Trinajstić information content (AvgIpc) is 3.21. The minimum Gasteiger partial charge on any atom is -0.497 e. The maximum absolute atomic E-state index is 12.5. The first-order chi connectivity index (χ1) is 12.0. The summed E-state index contributed by atoms with van der Waals surface area (Å²) < 4.78 is 5.10. The fourth-order valence-electron chi connectivity index (χ4n) is 2.71. The summed E-state index contributed by atoms with van der Waals surface area (Å²) >= 11 is 1.28. The molecule has 0 bridgehead atoms. The molecule has 0 spiro atoms. The highest BCUT2D eigenvalue weighted by Gasteiger charge is 2.35. The largest absolute Gasteiger partial charge is 0.497 e. The van der Waals surface area contributed by atoms with Crippen molar-refractivity contribution >= 4 is 40.4 Å². The van der Waals surface area contributed by atoms with Crippen LogP contribution in [-0.4, -0.2) is 31.4 Å². The second kappa shape index (κ2) is 6.94. The molecule has 1 fully saturated rings. The molecular weight excluding hydrogens is 342 g/mol. The molecule has 1 unspecified atom stereocenters. The highest BCUT2D eigenvalue weighted by atomic mass is 32.1. The van der Waals surface area contributed by atoms with E-state index in [-0.39, 0.29) is 30.3 Å². The van der Waals surface area contributed by atoms with Crippen molar-refractivity contribution in [2.24, 2.45) is 11.7 Å². The lowest BCUT2D eigenvalue weighted by molar-refractivity contribution is -0.122. The highest BCUT2D eigenvalue weighted by molar-refractivity contribution is 7.08. The van der Waals surface area contributed by atoms with Crippen molar-refractivity contribution in [1.29, 1.82) is 0 Å². The van der Waals surface area contributed by atoms with Crippen molar-refractivity contribution in [2.45, 2.75) is 6.42 Å². The van der Waals surface area contributed by atoms with E-state index >= 15 is 0 Å². The first-order valence-electron chi connectivity index (χ1n) is 7.61. The molecule has 0 radical (unpaired) electrons. The molecule has 1 aromatic heterocycles. The summed E-state index contributed by atoms with van der Waals surface area (Å²) in [5.41, 5.74) is 6.65. The second-order valence-corrected chi connectivity index (χ2v) is 6.40. The van der Waals surface area contributed by atoms with E-state index in [1.165, 1.54) is 11.3 Å². The number of primary amides is 1. The lowest BCUT2D eigenvalue weighted by atomic mass is 10.1. The van der Waals surface area contributed by atoms with Gasteiger partial charge in [0.25, 0.3) is 5.91 Å². The van der Waals surface area contributed by atoms with Gasteiger partial charge in [0.05, 0.1) is 24.3 Å². The smallest absolute Gasteiger partial charge is 0.251 e. The van der Waals surface area contributed by atoms with E-state index in [4.69, 9.17) is 10.5 Å². The van der Waals surface area contributed by atoms with Gasteiger partial charge in [0.15, 0.2) is 0 Å².